The molecule has 1 atom stereocenters. The number of fused-ring (bicyclic) bond motifs is 3. The van der Waals surface area contributed by atoms with E-state index in [-0.39, 0.29) is 29.4 Å². The van der Waals surface area contributed by atoms with E-state index >= 15 is 0 Å². The van der Waals surface area contributed by atoms with Crippen LogP contribution >= 0.6 is 0 Å². The molecule has 2 aromatic heterocycles. The molecular formula is C21H20N4O3. The molecule has 5 rings (SSSR count). The molecule has 1 aliphatic heterocycles. The van der Waals surface area contributed by atoms with Crippen LogP contribution in [0.3, 0.4) is 0 Å². The van der Waals surface area contributed by atoms with Gasteiger partial charge in [0.05, 0.1) is 5.39 Å². The smallest absolute Gasteiger partial charge is 0.262 e. The van der Waals surface area contributed by atoms with Crippen LogP contribution in [0, 0.1) is 0 Å². The molecule has 1 aromatic carbocycles. The second-order valence-electron chi connectivity index (χ2n) is 7.52. The van der Waals surface area contributed by atoms with Crippen LogP contribution in [0.5, 0.6) is 5.75 Å². The van der Waals surface area contributed by atoms with Gasteiger partial charge in [-0.2, -0.15) is 4.98 Å². The fraction of sp³-hybridized carbons (Fsp3) is 0.333. The number of nitrogens with one attached hydrogen (secondary N) is 1. The third-order valence-corrected chi connectivity index (χ3v) is 5.80. The van der Waals surface area contributed by atoms with E-state index in [1.165, 1.54) is 0 Å². The van der Waals surface area contributed by atoms with Crippen LogP contribution in [0.2, 0.25) is 0 Å². The Hall–Kier alpha value is -3.22. The molecule has 3 heterocycles. The molecule has 0 saturated carbocycles. The molecule has 7 nitrogen and oxygen atoms in total. The second kappa shape index (κ2) is 6.44. The number of carbonyl (C=O) groups excluding carboxylic acids is 1. The molecule has 0 bridgehead atoms. The first kappa shape index (κ1) is 16.9. The van der Waals surface area contributed by atoms with Crippen molar-refractivity contribution in [3.63, 3.8) is 0 Å². The Morgan fingerprint density at radius 1 is 1.11 bits per heavy atom. The number of H-pyrrole nitrogens is 1. The van der Waals surface area contributed by atoms with Crippen LogP contribution in [0.15, 0.2) is 35.3 Å². The van der Waals surface area contributed by atoms with E-state index < -0.39 is 0 Å². The molecule has 0 amide bonds. The lowest BCUT2D eigenvalue weighted by molar-refractivity contribution is 0.0964. The van der Waals surface area contributed by atoms with Crippen molar-refractivity contribution in [1.29, 1.82) is 0 Å². The Morgan fingerprint density at radius 2 is 1.89 bits per heavy atom. The summed E-state index contributed by atoms with van der Waals surface area (Å²) in [6.07, 6.45) is 4.48. The van der Waals surface area contributed by atoms with Gasteiger partial charge >= 0.3 is 0 Å². The van der Waals surface area contributed by atoms with Gasteiger partial charge in [-0.15, -0.1) is 0 Å². The first-order valence-electron chi connectivity index (χ1n) is 9.60. The number of phenolic OH excluding ortho intramolecular Hbond substituents is 1. The number of hydrogen-bond donors (Lipinski definition) is 2. The lowest BCUT2D eigenvalue weighted by Gasteiger charge is -2.25. The number of carbonyl (C=O) groups is 1. The van der Waals surface area contributed by atoms with Crippen molar-refractivity contribution in [1.82, 2.24) is 15.0 Å². The number of pyridine rings is 1. The van der Waals surface area contributed by atoms with Crippen LogP contribution in [-0.4, -0.2) is 38.9 Å². The van der Waals surface area contributed by atoms with E-state index in [4.69, 9.17) is 0 Å². The maximum absolute atomic E-state index is 12.9. The Morgan fingerprint density at radius 3 is 2.68 bits per heavy atom. The van der Waals surface area contributed by atoms with Crippen LogP contribution in [0.4, 0.5) is 5.95 Å². The number of nitrogens with zero attached hydrogens (tertiary/aromatic N) is 3. The number of aromatic hydroxyl groups is 1. The highest BCUT2D eigenvalue weighted by Crippen LogP contribution is 2.37. The molecule has 0 unspecified atom stereocenters. The number of phenols is 1. The van der Waals surface area contributed by atoms with Gasteiger partial charge in [0.25, 0.3) is 5.56 Å². The summed E-state index contributed by atoms with van der Waals surface area (Å²) in [4.78, 5) is 39.5. The predicted octanol–water partition coefficient (Wildman–Crippen LogP) is 2.54. The van der Waals surface area contributed by atoms with E-state index in [0.717, 1.165) is 31.5 Å². The fourth-order valence-electron chi connectivity index (χ4n) is 4.39. The van der Waals surface area contributed by atoms with Crippen molar-refractivity contribution in [2.75, 3.05) is 18.0 Å². The Kier molecular flexibility index (Phi) is 3.89. The van der Waals surface area contributed by atoms with E-state index in [1.807, 2.05) is 12.1 Å². The zero-order valence-electron chi connectivity index (χ0n) is 15.3. The van der Waals surface area contributed by atoms with Gasteiger partial charge in [0.1, 0.15) is 5.75 Å². The van der Waals surface area contributed by atoms with Gasteiger partial charge in [-0.05, 0) is 42.4 Å². The Labute approximate surface area is 161 Å². The van der Waals surface area contributed by atoms with Gasteiger partial charge in [0.15, 0.2) is 11.4 Å². The number of ketones is 1. The molecule has 28 heavy (non-hydrogen) atoms. The zero-order chi connectivity index (χ0) is 19.3. The minimum Gasteiger partial charge on any atom is -0.508 e. The summed E-state index contributed by atoms with van der Waals surface area (Å²) in [5.74, 6) is 0.476. The second-order valence-corrected chi connectivity index (χ2v) is 7.52. The van der Waals surface area contributed by atoms with E-state index in [9.17, 15) is 14.7 Å². The van der Waals surface area contributed by atoms with Gasteiger partial charge < -0.3 is 10.0 Å². The van der Waals surface area contributed by atoms with Crippen molar-refractivity contribution in [3.05, 3.63) is 57.5 Å². The summed E-state index contributed by atoms with van der Waals surface area (Å²) in [5, 5.41) is 10.6. The summed E-state index contributed by atoms with van der Waals surface area (Å²) in [6.45, 7) is 1.74. The third-order valence-electron chi connectivity index (χ3n) is 5.80. The van der Waals surface area contributed by atoms with Crippen LogP contribution in [-0.2, 0) is 6.42 Å². The van der Waals surface area contributed by atoms with Crippen molar-refractivity contribution in [2.45, 2.75) is 31.6 Å². The SMILES string of the molecule is O=C1C[C@@H](c2ccccc2O)Cc2c1cnc1nc(N3CCCC3)[nH]c(=O)c21. The monoisotopic (exact) mass is 376 g/mol. The van der Waals surface area contributed by atoms with Crippen molar-refractivity contribution >= 4 is 22.8 Å². The minimum atomic E-state index is -0.262. The number of aromatic amines is 1. The maximum Gasteiger partial charge on any atom is 0.262 e. The van der Waals surface area contributed by atoms with Crippen LogP contribution < -0.4 is 10.5 Å². The molecule has 1 fully saturated rings. The molecule has 0 radical (unpaired) electrons. The van der Waals surface area contributed by atoms with Crippen molar-refractivity contribution in [3.8, 4) is 5.75 Å². The van der Waals surface area contributed by atoms with Gasteiger partial charge in [-0.1, -0.05) is 18.2 Å². The summed E-state index contributed by atoms with van der Waals surface area (Å²) in [6, 6.07) is 7.05. The van der Waals surface area contributed by atoms with E-state index in [1.54, 1.807) is 18.3 Å². The number of aromatic nitrogens is 3. The van der Waals surface area contributed by atoms with Gasteiger partial charge in [0, 0.05) is 31.3 Å². The molecule has 1 aliphatic carbocycles. The maximum atomic E-state index is 12.9. The first-order valence-corrected chi connectivity index (χ1v) is 9.60. The molecule has 2 aliphatic rings. The lowest BCUT2D eigenvalue weighted by atomic mass is 9.79. The minimum absolute atomic E-state index is 0.0630. The summed E-state index contributed by atoms with van der Waals surface area (Å²) < 4.78 is 0. The number of hydrogen-bond acceptors (Lipinski definition) is 6. The molecule has 2 N–H and O–H groups in total. The topological polar surface area (TPSA) is 99.2 Å². The fourth-order valence-corrected chi connectivity index (χ4v) is 4.39. The van der Waals surface area contributed by atoms with Crippen LogP contribution in [0.25, 0.3) is 11.0 Å². The summed E-state index contributed by atoms with van der Waals surface area (Å²) in [7, 11) is 0. The lowest BCUT2D eigenvalue weighted by Crippen LogP contribution is -2.26. The van der Waals surface area contributed by atoms with Gasteiger partial charge in [-0.25, -0.2) is 4.98 Å². The van der Waals surface area contributed by atoms with E-state index in [0.29, 0.717) is 34.5 Å². The number of Topliss-reactive ketones (excluding diaryl/α,β-unsaturated/α-hetero) is 1. The predicted molar refractivity (Wildman–Crippen MR) is 105 cm³/mol. The molecule has 0 spiro atoms. The first-order chi connectivity index (χ1) is 13.6. The highest BCUT2D eigenvalue weighted by molar-refractivity contribution is 6.02. The molecule has 1 saturated heterocycles. The normalized spacial score (nSPS) is 19.2. The highest BCUT2D eigenvalue weighted by atomic mass is 16.3. The number of rotatable bonds is 2. The highest BCUT2D eigenvalue weighted by Gasteiger charge is 2.31. The summed E-state index contributed by atoms with van der Waals surface area (Å²) >= 11 is 0. The standard InChI is InChI=1S/C21H20N4O3/c26-16-6-2-1-5-13(16)12-9-14-15(17(27)10-12)11-22-19-18(14)20(28)24-21(23-19)25-7-3-4-8-25/h1-2,5-6,11-12,26H,3-4,7-10H2,(H,22,23,24,28)/t12-/m0/s1. The zero-order valence-corrected chi connectivity index (χ0v) is 15.3. The Bertz CT molecular complexity index is 1150. The molecule has 7 heteroatoms. The Balaban J connectivity index is 1.64. The largest absolute Gasteiger partial charge is 0.508 e. The molecule has 3 aromatic rings. The average Bonchev–Trinajstić information content (AvgIpc) is 3.22. The quantitative estimate of drug-likeness (QED) is 0.713. The van der Waals surface area contributed by atoms with Crippen molar-refractivity contribution < 1.29 is 9.90 Å². The third kappa shape index (κ3) is 2.66. The van der Waals surface area contributed by atoms with Crippen LogP contribution in [0.1, 0.15) is 46.7 Å². The van der Waals surface area contributed by atoms with Gasteiger partial charge in [0.2, 0.25) is 5.95 Å². The average molecular weight is 376 g/mol. The molecular weight excluding hydrogens is 356 g/mol. The van der Waals surface area contributed by atoms with E-state index in [2.05, 4.69) is 19.9 Å². The number of anilines is 1. The number of benzene rings is 1. The van der Waals surface area contributed by atoms with Crippen molar-refractivity contribution in [2.24, 2.45) is 0 Å². The molecule has 142 valence electrons. The van der Waals surface area contributed by atoms with Gasteiger partial charge in [-0.3, -0.25) is 14.6 Å². The number of para-hydroxylation sites is 1. The summed E-state index contributed by atoms with van der Waals surface area (Å²) in [5.41, 5.74) is 2.00.